The van der Waals surface area contributed by atoms with Crippen molar-refractivity contribution in [3.8, 4) is 0 Å². The van der Waals surface area contributed by atoms with Crippen molar-refractivity contribution >= 4 is 44.5 Å². The number of hydrogen-bond acceptors (Lipinski definition) is 3. The third-order valence-electron chi connectivity index (χ3n) is 5.68. The molecular weight excluding hydrogens is 420 g/mol. The number of halogens is 1. The summed E-state index contributed by atoms with van der Waals surface area (Å²) in [6.07, 6.45) is 1.10. The van der Waals surface area contributed by atoms with Gasteiger partial charge in [-0.05, 0) is 35.7 Å². The van der Waals surface area contributed by atoms with Crippen LogP contribution >= 0.6 is 15.9 Å². The number of aromatic amines is 1. The van der Waals surface area contributed by atoms with Gasteiger partial charge in [-0.3, -0.25) is 19.6 Å². The molecule has 1 N–H and O–H groups in total. The zero-order valence-corrected chi connectivity index (χ0v) is 16.8. The molecule has 1 fully saturated rings. The van der Waals surface area contributed by atoms with E-state index < -0.39 is 0 Å². The van der Waals surface area contributed by atoms with Gasteiger partial charge in [0.15, 0.2) is 5.82 Å². The minimum Gasteiger partial charge on any atom is -0.338 e. The molecule has 7 heteroatoms. The number of nitrogens with zero attached hydrogens (tertiary/aromatic N) is 3. The van der Waals surface area contributed by atoms with Crippen molar-refractivity contribution in [3.05, 3.63) is 58.1 Å². The van der Waals surface area contributed by atoms with Crippen LogP contribution in [0.1, 0.15) is 17.5 Å². The molecule has 0 aliphatic carbocycles. The monoisotopic (exact) mass is 438 g/mol. The first kappa shape index (κ1) is 17.4. The van der Waals surface area contributed by atoms with Crippen LogP contribution < -0.4 is 4.90 Å². The van der Waals surface area contributed by atoms with Crippen LogP contribution in [0, 0.1) is 5.92 Å². The van der Waals surface area contributed by atoms with Gasteiger partial charge in [0.05, 0.1) is 11.4 Å². The maximum absolute atomic E-state index is 13.1. The number of rotatable bonds is 2. The molecule has 2 aromatic carbocycles. The molecule has 3 aromatic rings. The standard InChI is InChI=1S/C21H19BrN4O2/c22-16-5-6-17-18(10-16)23-24-20(17)26-12-15(9-19(26)27)21(28)25-8-7-13-3-1-2-4-14(13)11-25/h1-6,10,15H,7-9,11-12H2,(H,23,24)/t15-/m1/s1. The lowest BCUT2D eigenvalue weighted by atomic mass is 9.98. The minimum atomic E-state index is -0.319. The first-order valence-corrected chi connectivity index (χ1v) is 10.2. The average molecular weight is 439 g/mol. The average Bonchev–Trinajstić information content (AvgIpc) is 3.29. The summed E-state index contributed by atoms with van der Waals surface area (Å²) in [5.74, 6) is 0.298. The number of benzene rings is 2. The van der Waals surface area contributed by atoms with Crippen molar-refractivity contribution < 1.29 is 9.59 Å². The highest BCUT2D eigenvalue weighted by molar-refractivity contribution is 9.10. The number of nitrogens with one attached hydrogen (secondary N) is 1. The molecule has 0 bridgehead atoms. The molecule has 0 spiro atoms. The molecule has 5 rings (SSSR count). The van der Waals surface area contributed by atoms with Crippen LogP contribution in [0.2, 0.25) is 0 Å². The van der Waals surface area contributed by atoms with Gasteiger partial charge in [0.1, 0.15) is 0 Å². The van der Waals surface area contributed by atoms with Gasteiger partial charge in [0.2, 0.25) is 11.8 Å². The molecule has 1 atom stereocenters. The van der Waals surface area contributed by atoms with Crippen LogP contribution in [0.4, 0.5) is 5.82 Å². The van der Waals surface area contributed by atoms with E-state index in [9.17, 15) is 9.59 Å². The second kappa shape index (κ2) is 6.74. The zero-order valence-electron chi connectivity index (χ0n) is 15.2. The number of amides is 2. The molecule has 6 nitrogen and oxygen atoms in total. The second-order valence-corrected chi connectivity index (χ2v) is 8.34. The number of hydrogen-bond donors (Lipinski definition) is 1. The van der Waals surface area contributed by atoms with Crippen LogP contribution in [-0.4, -0.2) is 40.0 Å². The number of anilines is 1. The minimum absolute atomic E-state index is 0.0490. The van der Waals surface area contributed by atoms with E-state index in [1.54, 1.807) is 4.90 Å². The second-order valence-electron chi connectivity index (χ2n) is 7.42. The maximum Gasteiger partial charge on any atom is 0.229 e. The molecule has 0 radical (unpaired) electrons. The lowest BCUT2D eigenvalue weighted by Crippen LogP contribution is -2.40. The third-order valence-corrected chi connectivity index (χ3v) is 6.17. The summed E-state index contributed by atoms with van der Waals surface area (Å²) in [5, 5.41) is 8.20. The predicted molar refractivity (Wildman–Crippen MR) is 110 cm³/mol. The lowest BCUT2D eigenvalue weighted by Gasteiger charge is -2.30. The fourth-order valence-corrected chi connectivity index (χ4v) is 4.56. The molecule has 2 amide bonds. The van der Waals surface area contributed by atoms with Gasteiger partial charge in [-0.2, -0.15) is 5.10 Å². The fraction of sp³-hybridized carbons (Fsp3) is 0.286. The fourth-order valence-electron chi connectivity index (χ4n) is 4.20. The molecule has 0 saturated carbocycles. The van der Waals surface area contributed by atoms with E-state index in [2.05, 4.69) is 38.3 Å². The number of carbonyl (C=O) groups excluding carboxylic acids is 2. The Bertz CT molecular complexity index is 1090. The van der Waals surface area contributed by atoms with Gasteiger partial charge in [0, 0.05) is 35.9 Å². The number of H-pyrrole nitrogens is 1. The van der Waals surface area contributed by atoms with Gasteiger partial charge in [-0.1, -0.05) is 40.2 Å². The molecule has 28 heavy (non-hydrogen) atoms. The Balaban J connectivity index is 1.36. The molecule has 0 unspecified atom stereocenters. The Morgan fingerprint density at radius 2 is 2.00 bits per heavy atom. The maximum atomic E-state index is 13.1. The van der Waals surface area contributed by atoms with Crippen molar-refractivity contribution in [3.63, 3.8) is 0 Å². The number of carbonyl (C=O) groups is 2. The third kappa shape index (κ3) is 2.90. The summed E-state index contributed by atoms with van der Waals surface area (Å²) in [7, 11) is 0. The molecular formula is C21H19BrN4O2. The normalized spacial score (nSPS) is 19.3. The van der Waals surface area contributed by atoms with Crippen LogP contribution in [0.15, 0.2) is 46.9 Å². The van der Waals surface area contributed by atoms with Gasteiger partial charge in [-0.15, -0.1) is 0 Å². The van der Waals surface area contributed by atoms with Crippen LogP contribution in [0.5, 0.6) is 0 Å². The predicted octanol–water partition coefficient (Wildman–Crippen LogP) is 3.26. The van der Waals surface area contributed by atoms with Crippen molar-refractivity contribution in [2.45, 2.75) is 19.4 Å². The Hall–Kier alpha value is -2.67. The summed E-state index contributed by atoms with van der Waals surface area (Å²) in [5.41, 5.74) is 3.37. The summed E-state index contributed by atoms with van der Waals surface area (Å²) >= 11 is 3.44. The van der Waals surface area contributed by atoms with Crippen LogP contribution in [0.3, 0.4) is 0 Å². The van der Waals surface area contributed by atoms with E-state index in [4.69, 9.17) is 0 Å². The van der Waals surface area contributed by atoms with E-state index in [1.165, 1.54) is 11.1 Å². The molecule has 3 heterocycles. The van der Waals surface area contributed by atoms with Crippen molar-refractivity contribution in [1.82, 2.24) is 15.1 Å². The summed E-state index contributed by atoms with van der Waals surface area (Å²) in [6.45, 7) is 1.71. The summed E-state index contributed by atoms with van der Waals surface area (Å²) < 4.78 is 0.946. The topological polar surface area (TPSA) is 69.3 Å². The Morgan fingerprint density at radius 1 is 1.18 bits per heavy atom. The summed E-state index contributed by atoms with van der Waals surface area (Å²) in [4.78, 5) is 29.3. The SMILES string of the molecule is O=C([C@@H]1CC(=O)N(c2n[nH]c3cc(Br)ccc23)C1)N1CCc2ccccc2C1. The van der Waals surface area contributed by atoms with E-state index >= 15 is 0 Å². The Labute approximate surface area is 170 Å². The lowest BCUT2D eigenvalue weighted by molar-refractivity contribution is -0.136. The quantitative estimate of drug-likeness (QED) is 0.667. The molecule has 142 valence electrons. The van der Waals surface area contributed by atoms with Gasteiger partial charge in [0.25, 0.3) is 0 Å². The number of fused-ring (bicyclic) bond motifs is 2. The highest BCUT2D eigenvalue weighted by Gasteiger charge is 2.39. The largest absolute Gasteiger partial charge is 0.338 e. The molecule has 2 aliphatic rings. The van der Waals surface area contributed by atoms with Crippen LogP contribution in [-0.2, 0) is 22.6 Å². The van der Waals surface area contributed by atoms with E-state index in [0.717, 1.165) is 21.8 Å². The number of aromatic nitrogens is 2. The van der Waals surface area contributed by atoms with Crippen molar-refractivity contribution in [2.75, 3.05) is 18.0 Å². The highest BCUT2D eigenvalue weighted by Crippen LogP contribution is 2.32. The van der Waals surface area contributed by atoms with Crippen molar-refractivity contribution in [2.24, 2.45) is 5.92 Å². The van der Waals surface area contributed by atoms with E-state index in [-0.39, 0.29) is 24.2 Å². The highest BCUT2D eigenvalue weighted by atomic mass is 79.9. The zero-order chi connectivity index (χ0) is 19.3. The smallest absolute Gasteiger partial charge is 0.229 e. The first-order valence-electron chi connectivity index (χ1n) is 9.40. The Morgan fingerprint density at radius 3 is 2.86 bits per heavy atom. The molecule has 1 saturated heterocycles. The van der Waals surface area contributed by atoms with E-state index in [1.807, 2.05) is 35.2 Å². The Kier molecular flexibility index (Phi) is 4.19. The molecule has 2 aliphatic heterocycles. The van der Waals surface area contributed by atoms with Crippen molar-refractivity contribution in [1.29, 1.82) is 0 Å². The van der Waals surface area contributed by atoms with Gasteiger partial charge in [-0.25, -0.2) is 0 Å². The summed E-state index contributed by atoms with van der Waals surface area (Å²) in [6, 6.07) is 14.0. The van der Waals surface area contributed by atoms with Gasteiger partial charge >= 0.3 is 0 Å². The van der Waals surface area contributed by atoms with E-state index in [0.29, 0.717) is 25.5 Å². The first-order chi connectivity index (χ1) is 13.6. The molecule has 1 aromatic heterocycles. The van der Waals surface area contributed by atoms with Gasteiger partial charge < -0.3 is 4.90 Å². The van der Waals surface area contributed by atoms with Crippen LogP contribution in [0.25, 0.3) is 10.9 Å².